The van der Waals surface area contributed by atoms with Crippen LogP contribution in [0.25, 0.3) is 0 Å². The number of hydrogen-bond donors (Lipinski definition) is 2. The van der Waals surface area contributed by atoms with E-state index in [0.29, 0.717) is 17.1 Å². The van der Waals surface area contributed by atoms with Crippen LogP contribution in [-0.4, -0.2) is 29.9 Å². The van der Waals surface area contributed by atoms with Gasteiger partial charge in [-0.25, -0.2) is 16.8 Å². The fourth-order valence-corrected chi connectivity index (χ4v) is 7.37. The second-order valence-corrected chi connectivity index (χ2v) is 14.1. The lowest BCUT2D eigenvalue weighted by Gasteiger charge is -2.26. The van der Waals surface area contributed by atoms with Crippen LogP contribution in [0.3, 0.4) is 0 Å². The van der Waals surface area contributed by atoms with Crippen molar-refractivity contribution in [3.05, 3.63) is 144 Å². The molecular weight excluding hydrogens is 623 g/mol. The van der Waals surface area contributed by atoms with Gasteiger partial charge in [-0.1, -0.05) is 54.6 Å². The van der Waals surface area contributed by atoms with Crippen molar-refractivity contribution in [2.24, 2.45) is 0 Å². The van der Waals surface area contributed by atoms with Crippen molar-refractivity contribution in [3.8, 4) is 5.75 Å². The molecule has 5 rings (SSSR count). The Morgan fingerprint density at radius 1 is 0.739 bits per heavy atom. The maximum Gasteiger partial charge on any atom is 0.264 e. The molecule has 0 aliphatic carbocycles. The number of para-hydroxylation sites is 1. The molecule has 0 aliphatic heterocycles. The van der Waals surface area contributed by atoms with Crippen LogP contribution in [0.15, 0.2) is 131 Å². The molecule has 0 bridgehead atoms. The lowest BCUT2D eigenvalue weighted by Crippen LogP contribution is -2.32. The van der Waals surface area contributed by atoms with Gasteiger partial charge >= 0.3 is 0 Å². The van der Waals surface area contributed by atoms with E-state index >= 15 is 0 Å². The van der Waals surface area contributed by atoms with E-state index in [1.54, 1.807) is 42.5 Å². The molecule has 0 saturated carbocycles. The molecule has 5 aromatic carbocycles. The Labute approximate surface area is 269 Å². The average Bonchev–Trinajstić information content (AvgIpc) is 3.06. The number of benzene rings is 5. The van der Waals surface area contributed by atoms with Crippen LogP contribution >= 0.6 is 0 Å². The van der Waals surface area contributed by atoms with Gasteiger partial charge in [0.1, 0.15) is 5.75 Å². The van der Waals surface area contributed by atoms with Crippen LogP contribution in [0.1, 0.15) is 27.0 Å². The average molecular weight is 656 g/mol. The molecule has 0 heterocycles. The highest BCUT2D eigenvalue weighted by Gasteiger charge is 2.29. The summed E-state index contributed by atoms with van der Waals surface area (Å²) < 4.78 is 63.3. The highest BCUT2D eigenvalue weighted by atomic mass is 32.2. The minimum Gasteiger partial charge on any atom is -0.497 e. The van der Waals surface area contributed by atoms with Crippen molar-refractivity contribution in [1.29, 1.82) is 0 Å². The first-order valence-corrected chi connectivity index (χ1v) is 17.2. The van der Waals surface area contributed by atoms with Crippen LogP contribution in [0, 0.1) is 13.8 Å². The maximum absolute atomic E-state index is 14.1. The largest absolute Gasteiger partial charge is 0.497 e. The third-order valence-corrected chi connectivity index (χ3v) is 10.4. The van der Waals surface area contributed by atoms with Crippen LogP contribution in [0.2, 0.25) is 0 Å². The summed E-state index contributed by atoms with van der Waals surface area (Å²) >= 11 is 0. The van der Waals surface area contributed by atoms with E-state index in [4.69, 9.17) is 4.74 Å². The summed E-state index contributed by atoms with van der Waals surface area (Å²) in [6.45, 7) is 3.67. The van der Waals surface area contributed by atoms with Gasteiger partial charge in [0.25, 0.3) is 26.0 Å². The zero-order chi connectivity index (χ0) is 32.9. The second-order valence-electron chi connectivity index (χ2n) is 10.6. The van der Waals surface area contributed by atoms with Crippen LogP contribution in [0.4, 0.5) is 17.1 Å². The molecule has 46 heavy (non-hydrogen) atoms. The number of anilines is 3. The Morgan fingerprint density at radius 3 is 2.04 bits per heavy atom. The lowest BCUT2D eigenvalue weighted by atomic mass is 10.1. The van der Waals surface area contributed by atoms with Gasteiger partial charge in [0.05, 0.1) is 40.4 Å². The standard InChI is InChI=1S/C35H33N3O6S2/c1-25-13-14-26(2)33(23-25)37-45(40,41)30-19-15-28(16-20-30)36-35(39)32-11-7-8-12-34(32)38(24-27-9-5-4-6-10-27)46(42,43)31-21-17-29(44-3)18-22-31/h4-23,37H,24H2,1-3H3,(H,36,39). The van der Waals surface area contributed by atoms with Gasteiger partial charge in [-0.05, 0) is 97.3 Å². The first kappa shape index (κ1) is 32.3. The zero-order valence-electron chi connectivity index (χ0n) is 25.5. The van der Waals surface area contributed by atoms with E-state index in [2.05, 4.69) is 10.0 Å². The highest BCUT2D eigenvalue weighted by molar-refractivity contribution is 7.93. The topological polar surface area (TPSA) is 122 Å². The number of amides is 1. The summed E-state index contributed by atoms with van der Waals surface area (Å²) in [6, 6.07) is 32.8. The fourth-order valence-electron chi connectivity index (χ4n) is 4.77. The molecule has 5 aromatic rings. The molecule has 1 amide bonds. The van der Waals surface area contributed by atoms with E-state index in [1.807, 2.05) is 56.3 Å². The minimum absolute atomic E-state index is 0.0198. The zero-order valence-corrected chi connectivity index (χ0v) is 27.1. The Bertz CT molecular complexity index is 2070. The summed E-state index contributed by atoms with van der Waals surface area (Å²) in [6.07, 6.45) is 0. The first-order chi connectivity index (χ1) is 22.0. The van der Waals surface area contributed by atoms with Crippen molar-refractivity contribution >= 4 is 43.0 Å². The molecule has 9 nitrogen and oxygen atoms in total. The van der Waals surface area contributed by atoms with Crippen LogP contribution < -0.4 is 19.1 Å². The number of hydrogen-bond acceptors (Lipinski definition) is 6. The normalized spacial score (nSPS) is 11.5. The number of nitrogens with one attached hydrogen (secondary N) is 2. The second kappa shape index (κ2) is 13.5. The molecule has 0 unspecified atom stereocenters. The maximum atomic E-state index is 14.1. The van der Waals surface area contributed by atoms with Gasteiger partial charge < -0.3 is 10.1 Å². The molecule has 0 spiro atoms. The molecule has 0 aromatic heterocycles. The number of ether oxygens (including phenoxy) is 1. The Hall–Kier alpha value is -5.13. The molecule has 0 atom stereocenters. The van der Waals surface area contributed by atoms with Crippen LogP contribution in [0.5, 0.6) is 5.75 Å². The molecule has 236 valence electrons. The molecular formula is C35H33N3O6S2. The quantitative estimate of drug-likeness (QED) is 0.162. The van der Waals surface area contributed by atoms with Gasteiger partial charge in [0.2, 0.25) is 0 Å². The summed E-state index contributed by atoms with van der Waals surface area (Å²) in [4.78, 5) is 13.7. The Kier molecular flexibility index (Phi) is 9.45. The van der Waals surface area contributed by atoms with Crippen molar-refractivity contribution < 1.29 is 26.4 Å². The molecule has 0 saturated heterocycles. The Morgan fingerprint density at radius 2 is 1.37 bits per heavy atom. The lowest BCUT2D eigenvalue weighted by molar-refractivity contribution is 0.102. The number of nitrogens with zero attached hydrogens (tertiary/aromatic N) is 1. The number of sulfonamides is 2. The predicted molar refractivity (Wildman–Crippen MR) is 180 cm³/mol. The first-order valence-electron chi connectivity index (χ1n) is 14.3. The smallest absolute Gasteiger partial charge is 0.264 e. The van der Waals surface area contributed by atoms with Gasteiger partial charge in [-0.15, -0.1) is 0 Å². The van der Waals surface area contributed by atoms with Crippen molar-refractivity contribution in [1.82, 2.24) is 0 Å². The van der Waals surface area contributed by atoms with Gasteiger partial charge in [-0.2, -0.15) is 0 Å². The summed E-state index contributed by atoms with van der Waals surface area (Å²) in [5.41, 5.74) is 3.53. The third kappa shape index (κ3) is 7.22. The van der Waals surface area contributed by atoms with E-state index < -0.39 is 26.0 Å². The van der Waals surface area contributed by atoms with E-state index in [1.165, 1.54) is 47.8 Å². The van der Waals surface area contributed by atoms with Gasteiger partial charge in [0.15, 0.2) is 0 Å². The number of aryl methyl sites for hydroxylation is 2. The number of methoxy groups -OCH3 is 1. The minimum atomic E-state index is -4.14. The molecule has 11 heteroatoms. The summed E-state index contributed by atoms with van der Waals surface area (Å²) in [5, 5.41) is 2.78. The van der Waals surface area contributed by atoms with Crippen molar-refractivity contribution in [3.63, 3.8) is 0 Å². The third-order valence-electron chi connectivity index (χ3n) is 7.29. The number of rotatable bonds is 11. The molecule has 0 aliphatic rings. The molecule has 2 N–H and O–H groups in total. The van der Waals surface area contributed by atoms with Gasteiger partial charge in [0, 0.05) is 5.69 Å². The van der Waals surface area contributed by atoms with E-state index in [0.717, 1.165) is 16.7 Å². The van der Waals surface area contributed by atoms with Crippen LogP contribution in [-0.2, 0) is 26.6 Å². The Balaban J connectivity index is 1.43. The summed E-state index contributed by atoms with van der Waals surface area (Å²) in [7, 11) is -6.53. The summed E-state index contributed by atoms with van der Waals surface area (Å²) in [5.74, 6) is -0.0593. The fraction of sp³-hybridized carbons (Fsp3) is 0.114. The highest BCUT2D eigenvalue weighted by Crippen LogP contribution is 2.31. The van der Waals surface area contributed by atoms with Crippen molar-refractivity contribution in [2.45, 2.75) is 30.2 Å². The monoisotopic (exact) mass is 655 g/mol. The molecule has 0 radical (unpaired) electrons. The van der Waals surface area contributed by atoms with Crippen molar-refractivity contribution in [2.75, 3.05) is 21.5 Å². The van der Waals surface area contributed by atoms with E-state index in [-0.39, 0.29) is 27.6 Å². The van der Waals surface area contributed by atoms with Gasteiger partial charge in [-0.3, -0.25) is 13.8 Å². The predicted octanol–water partition coefficient (Wildman–Crippen LogP) is 6.76. The number of carbonyl (C=O) groups excluding carboxylic acids is 1. The van der Waals surface area contributed by atoms with E-state index in [9.17, 15) is 21.6 Å². The SMILES string of the molecule is COc1ccc(S(=O)(=O)N(Cc2ccccc2)c2ccccc2C(=O)Nc2ccc(S(=O)(=O)Nc3cc(C)ccc3C)cc2)cc1. The molecule has 0 fully saturated rings. The number of carbonyl (C=O) groups is 1.